The van der Waals surface area contributed by atoms with Crippen LogP contribution in [0.25, 0.3) is 0 Å². The molecule has 1 fully saturated rings. The van der Waals surface area contributed by atoms with Crippen LogP contribution in [0.2, 0.25) is 0 Å². The highest BCUT2D eigenvalue weighted by Gasteiger charge is 2.10. The van der Waals surface area contributed by atoms with Gasteiger partial charge in [-0.05, 0) is 6.42 Å². The van der Waals surface area contributed by atoms with Crippen LogP contribution in [0.15, 0.2) is 0 Å². The van der Waals surface area contributed by atoms with E-state index in [-0.39, 0.29) is 6.10 Å². The number of unbranched alkanes of at least 4 members (excludes halogenated alkanes) is 1. The summed E-state index contributed by atoms with van der Waals surface area (Å²) in [4.78, 5) is 0. The van der Waals surface area contributed by atoms with Crippen molar-refractivity contribution >= 4 is 0 Å². The summed E-state index contributed by atoms with van der Waals surface area (Å²) in [6.45, 7) is 8.58. The fraction of sp³-hybridized carbons (Fsp3) is 1.00. The van der Waals surface area contributed by atoms with Crippen LogP contribution in [0.5, 0.6) is 0 Å². The molecule has 0 N–H and O–H groups in total. The van der Waals surface area contributed by atoms with E-state index in [1.807, 2.05) is 0 Å². The Labute approximate surface area is 128 Å². The van der Waals surface area contributed by atoms with Crippen molar-refractivity contribution in [1.82, 2.24) is 0 Å². The van der Waals surface area contributed by atoms with Gasteiger partial charge in [0.1, 0.15) is 6.10 Å². The molecule has 1 atom stereocenters. The Morgan fingerprint density at radius 2 is 1.38 bits per heavy atom. The van der Waals surface area contributed by atoms with Crippen LogP contribution in [0.1, 0.15) is 19.8 Å². The predicted molar refractivity (Wildman–Crippen MR) is 78.7 cm³/mol. The zero-order valence-corrected chi connectivity index (χ0v) is 13.2. The molecule has 1 aliphatic rings. The lowest BCUT2D eigenvalue weighted by Gasteiger charge is -2.18. The first-order valence-corrected chi connectivity index (χ1v) is 7.93. The molecule has 21 heavy (non-hydrogen) atoms. The molecule has 1 aliphatic heterocycles. The molecule has 0 amide bonds. The van der Waals surface area contributed by atoms with Gasteiger partial charge in [-0.15, -0.1) is 0 Å². The second-order valence-corrected chi connectivity index (χ2v) is 4.83. The Bertz CT molecular complexity index is 198. The van der Waals surface area contributed by atoms with E-state index >= 15 is 0 Å². The van der Waals surface area contributed by atoms with Crippen LogP contribution in [0.3, 0.4) is 0 Å². The summed E-state index contributed by atoms with van der Waals surface area (Å²) in [6, 6.07) is 0. The zero-order chi connectivity index (χ0) is 15.0. The Morgan fingerprint density at radius 3 is 2.00 bits per heavy atom. The maximum Gasteiger partial charge on any atom is 0.104 e. The van der Waals surface area contributed by atoms with E-state index in [0.717, 1.165) is 19.4 Å². The lowest BCUT2D eigenvalue weighted by molar-refractivity contribution is -0.0777. The fourth-order valence-electron chi connectivity index (χ4n) is 1.75. The van der Waals surface area contributed by atoms with Crippen molar-refractivity contribution in [3.05, 3.63) is 0 Å². The number of hydrogen-bond donors (Lipinski definition) is 0. The Hall–Kier alpha value is -0.240. The molecule has 1 heterocycles. The van der Waals surface area contributed by atoms with Crippen LogP contribution in [-0.4, -0.2) is 78.8 Å². The van der Waals surface area contributed by atoms with Gasteiger partial charge in [0.25, 0.3) is 0 Å². The third kappa shape index (κ3) is 12.0. The van der Waals surface area contributed by atoms with Gasteiger partial charge < -0.3 is 28.4 Å². The molecule has 6 heteroatoms. The minimum Gasteiger partial charge on any atom is -0.379 e. The first-order valence-electron chi connectivity index (χ1n) is 7.93. The zero-order valence-electron chi connectivity index (χ0n) is 13.2. The van der Waals surface area contributed by atoms with E-state index in [2.05, 4.69) is 6.92 Å². The van der Waals surface area contributed by atoms with Crippen molar-refractivity contribution < 1.29 is 28.4 Å². The molecule has 0 aromatic heterocycles. The SMILES string of the molecule is CCCCOC[C@H]1COCCOCCOCCOCCO1. The maximum atomic E-state index is 5.74. The minimum absolute atomic E-state index is 0.0492. The average molecular weight is 306 g/mol. The molecule has 1 rings (SSSR count). The molecule has 0 spiro atoms. The van der Waals surface area contributed by atoms with Crippen molar-refractivity contribution in [3.63, 3.8) is 0 Å². The molecule has 0 saturated carbocycles. The Kier molecular flexibility index (Phi) is 13.2. The van der Waals surface area contributed by atoms with Crippen molar-refractivity contribution in [3.8, 4) is 0 Å². The summed E-state index contributed by atoms with van der Waals surface area (Å²) in [7, 11) is 0. The van der Waals surface area contributed by atoms with E-state index in [1.165, 1.54) is 0 Å². The lowest BCUT2D eigenvalue weighted by Crippen LogP contribution is -2.28. The third-order valence-corrected chi connectivity index (χ3v) is 2.95. The van der Waals surface area contributed by atoms with Crippen molar-refractivity contribution in [2.45, 2.75) is 25.9 Å². The predicted octanol–water partition coefficient (Wildman–Crippen LogP) is 1.27. The van der Waals surface area contributed by atoms with Crippen LogP contribution in [0.4, 0.5) is 0 Å². The summed E-state index contributed by atoms with van der Waals surface area (Å²) < 4.78 is 33.1. The largest absolute Gasteiger partial charge is 0.379 e. The van der Waals surface area contributed by atoms with Gasteiger partial charge in [-0.2, -0.15) is 0 Å². The van der Waals surface area contributed by atoms with Gasteiger partial charge in [-0.1, -0.05) is 13.3 Å². The summed E-state index contributed by atoms with van der Waals surface area (Å²) in [6.07, 6.45) is 2.16. The van der Waals surface area contributed by atoms with Gasteiger partial charge in [0.2, 0.25) is 0 Å². The quantitative estimate of drug-likeness (QED) is 0.713. The minimum atomic E-state index is -0.0492. The molecule has 0 aromatic carbocycles. The third-order valence-electron chi connectivity index (χ3n) is 2.95. The molecule has 0 radical (unpaired) electrons. The van der Waals surface area contributed by atoms with E-state index in [9.17, 15) is 0 Å². The second-order valence-electron chi connectivity index (χ2n) is 4.83. The van der Waals surface area contributed by atoms with Gasteiger partial charge in [0.15, 0.2) is 0 Å². The summed E-state index contributed by atoms with van der Waals surface area (Å²) in [5.41, 5.74) is 0. The van der Waals surface area contributed by atoms with E-state index in [1.54, 1.807) is 0 Å². The Balaban J connectivity index is 2.20. The van der Waals surface area contributed by atoms with Crippen LogP contribution in [-0.2, 0) is 28.4 Å². The molecule has 126 valence electrons. The van der Waals surface area contributed by atoms with Gasteiger partial charge >= 0.3 is 0 Å². The Morgan fingerprint density at radius 1 is 0.810 bits per heavy atom. The molecule has 0 aliphatic carbocycles. The van der Waals surface area contributed by atoms with E-state index in [0.29, 0.717) is 66.1 Å². The second kappa shape index (κ2) is 14.7. The van der Waals surface area contributed by atoms with Crippen LogP contribution < -0.4 is 0 Å². The molecule has 0 unspecified atom stereocenters. The topological polar surface area (TPSA) is 55.4 Å². The molecule has 6 nitrogen and oxygen atoms in total. The highest BCUT2D eigenvalue weighted by atomic mass is 16.6. The molecule has 0 aromatic rings. The van der Waals surface area contributed by atoms with Crippen molar-refractivity contribution in [2.24, 2.45) is 0 Å². The van der Waals surface area contributed by atoms with Gasteiger partial charge in [0, 0.05) is 6.61 Å². The molecule has 1 saturated heterocycles. The van der Waals surface area contributed by atoms with E-state index < -0.39 is 0 Å². The first kappa shape index (κ1) is 18.8. The highest BCUT2D eigenvalue weighted by Crippen LogP contribution is 1.98. The van der Waals surface area contributed by atoms with Crippen molar-refractivity contribution in [2.75, 3.05) is 72.7 Å². The summed E-state index contributed by atoms with van der Waals surface area (Å²) in [5.74, 6) is 0. The van der Waals surface area contributed by atoms with Gasteiger partial charge in [0.05, 0.1) is 66.1 Å². The summed E-state index contributed by atoms with van der Waals surface area (Å²) >= 11 is 0. The first-order chi connectivity index (χ1) is 10.4. The average Bonchev–Trinajstić information content (AvgIpc) is 2.51. The fourth-order valence-corrected chi connectivity index (χ4v) is 1.75. The van der Waals surface area contributed by atoms with Gasteiger partial charge in [-0.3, -0.25) is 0 Å². The maximum absolute atomic E-state index is 5.74. The standard InChI is InChI=1S/C15H30O6/c1-2-3-4-19-13-15-14-20-10-9-17-6-5-16-7-8-18-11-12-21-15/h15H,2-14H2,1H3/t15-/m0/s1. The van der Waals surface area contributed by atoms with Gasteiger partial charge in [-0.25, -0.2) is 0 Å². The summed E-state index contributed by atoms with van der Waals surface area (Å²) in [5, 5.41) is 0. The number of hydrogen-bond acceptors (Lipinski definition) is 6. The smallest absolute Gasteiger partial charge is 0.104 e. The number of ether oxygens (including phenoxy) is 6. The van der Waals surface area contributed by atoms with Crippen molar-refractivity contribution in [1.29, 1.82) is 0 Å². The normalized spacial score (nSPS) is 24.1. The van der Waals surface area contributed by atoms with Crippen LogP contribution >= 0.6 is 0 Å². The number of rotatable bonds is 5. The van der Waals surface area contributed by atoms with E-state index in [4.69, 9.17) is 28.4 Å². The lowest BCUT2D eigenvalue weighted by atomic mass is 10.3. The molecule has 0 bridgehead atoms. The highest BCUT2D eigenvalue weighted by molar-refractivity contribution is 4.56. The molecular weight excluding hydrogens is 276 g/mol. The monoisotopic (exact) mass is 306 g/mol. The van der Waals surface area contributed by atoms with Crippen LogP contribution in [0, 0.1) is 0 Å². The molecular formula is C15H30O6.